The Kier molecular flexibility index (Phi) is 43.2. The van der Waals surface area contributed by atoms with Crippen LogP contribution in [0.15, 0.2) is 48.6 Å². The zero-order valence-corrected chi connectivity index (χ0v) is 42.0. The Morgan fingerprint density at radius 1 is 0.523 bits per heavy atom. The van der Waals surface area contributed by atoms with Crippen LogP contribution in [-0.2, 0) is 14.3 Å². The van der Waals surface area contributed by atoms with E-state index in [-0.39, 0.29) is 12.5 Å². The van der Waals surface area contributed by atoms with Crippen molar-refractivity contribution >= 4 is 5.91 Å². The predicted molar refractivity (Wildman–Crippen MR) is 272 cm³/mol. The maximum absolute atomic E-state index is 13.0. The Morgan fingerprint density at radius 2 is 0.923 bits per heavy atom. The van der Waals surface area contributed by atoms with Crippen LogP contribution in [0.5, 0.6) is 0 Å². The Hall–Kier alpha value is -1.85. The summed E-state index contributed by atoms with van der Waals surface area (Å²) >= 11 is 0. The number of rotatable bonds is 46. The minimum Gasteiger partial charge on any atom is -0.394 e. The molecule has 380 valence electrons. The summed E-state index contributed by atoms with van der Waals surface area (Å²) < 4.78 is 11.2. The molecule has 1 rings (SSSR count). The van der Waals surface area contributed by atoms with E-state index in [1.807, 2.05) is 6.08 Å². The summed E-state index contributed by atoms with van der Waals surface area (Å²) in [6, 6.07) is -0.827. The van der Waals surface area contributed by atoms with Crippen LogP contribution in [0.1, 0.15) is 245 Å². The first-order chi connectivity index (χ1) is 31.8. The van der Waals surface area contributed by atoms with E-state index in [2.05, 4.69) is 55.6 Å². The number of ether oxygens (including phenoxy) is 2. The molecule has 1 fully saturated rings. The molecular formula is C56H103NO8. The van der Waals surface area contributed by atoms with Crippen LogP contribution in [0.25, 0.3) is 0 Å². The van der Waals surface area contributed by atoms with Crippen molar-refractivity contribution in [1.29, 1.82) is 0 Å². The van der Waals surface area contributed by atoms with E-state index >= 15 is 0 Å². The molecule has 0 bridgehead atoms. The number of hydrogen-bond donors (Lipinski definition) is 6. The minimum atomic E-state index is -1.57. The number of unbranched alkanes of at least 4 members (excludes halogenated alkanes) is 30. The topological polar surface area (TPSA) is 149 Å². The number of allylic oxidation sites excluding steroid dienone is 7. The normalized spacial score (nSPS) is 20.3. The molecule has 0 aromatic heterocycles. The molecule has 1 heterocycles. The van der Waals surface area contributed by atoms with E-state index in [0.717, 1.165) is 57.8 Å². The van der Waals surface area contributed by atoms with Crippen molar-refractivity contribution in [3.8, 4) is 0 Å². The average Bonchev–Trinajstić information content (AvgIpc) is 3.31. The van der Waals surface area contributed by atoms with Crippen LogP contribution in [-0.4, -0.2) is 87.5 Å². The van der Waals surface area contributed by atoms with Crippen molar-refractivity contribution < 1.29 is 39.8 Å². The van der Waals surface area contributed by atoms with Crippen LogP contribution >= 0.6 is 0 Å². The van der Waals surface area contributed by atoms with Gasteiger partial charge >= 0.3 is 0 Å². The first-order valence-electron chi connectivity index (χ1n) is 27.4. The van der Waals surface area contributed by atoms with Gasteiger partial charge in [0.05, 0.1) is 25.4 Å². The second-order valence-electron chi connectivity index (χ2n) is 19.0. The SMILES string of the molecule is CCCCC/C=C\C/C=C\CCCCCCCCCC(=O)NC(COC1OC(CO)C(O)C(O)C1O)C(O)/C=C/CC/C=C/CCCCCCCCCCCCCCCCCCCCC. The summed E-state index contributed by atoms with van der Waals surface area (Å²) in [5.74, 6) is -0.194. The van der Waals surface area contributed by atoms with Crippen molar-refractivity contribution in [3.63, 3.8) is 0 Å². The molecular weight excluding hydrogens is 815 g/mol. The molecule has 7 atom stereocenters. The van der Waals surface area contributed by atoms with E-state index in [9.17, 15) is 30.3 Å². The van der Waals surface area contributed by atoms with Crippen molar-refractivity contribution in [3.05, 3.63) is 48.6 Å². The summed E-state index contributed by atoms with van der Waals surface area (Å²) in [7, 11) is 0. The van der Waals surface area contributed by atoms with Gasteiger partial charge in [-0.25, -0.2) is 0 Å². The summed E-state index contributed by atoms with van der Waals surface area (Å²) in [5, 5.41) is 54.4. The Balaban J connectivity index is 2.28. The number of carbonyl (C=O) groups is 1. The maximum Gasteiger partial charge on any atom is 0.220 e. The van der Waals surface area contributed by atoms with Gasteiger partial charge < -0.3 is 40.3 Å². The highest BCUT2D eigenvalue weighted by Crippen LogP contribution is 2.23. The number of nitrogens with one attached hydrogen (secondary N) is 1. The van der Waals surface area contributed by atoms with Gasteiger partial charge in [0.25, 0.3) is 0 Å². The third-order valence-corrected chi connectivity index (χ3v) is 12.9. The fourth-order valence-electron chi connectivity index (χ4n) is 8.50. The van der Waals surface area contributed by atoms with Crippen LogP contribution in [0.4, 0.5) is 0 Å². The smallest absolute Gasteiger partial charge is 0.220 e. The lowest BCUT2D eigenvalue weighted by Crippen LogP contribution is -2.60. The molecule has 0 aromatic rings. The Morgan fingerprint density at radius 3 is 1.42 bits per heavy atom. The lowest BCUT2D eigenvalue weighted by molar-refractivity contribution is -0.302. The van der Waals surface area contributed by atoms with Gasteiger partial charge in [-0.1, -0.05) is 223 Å². The molecule has 9 nitrogen and oxygen atoms in total. The van der Waals surface area contributed by atoms with E-state index < -0.39 is 49.5 Å². The highest BCUT2D eigenvalue weighted by atomic mass is 16.7. The largest absolute Gasteiger partial charge is 0.394 e. The van der Waals surface area contributed by atoms with Gasteiger partial charge in [0, 0.05) is 6.42 Å². The van der Waals surface area contributed by atoms with E-state index in [1.54, 1.807) is 6.08 Å². The van der Waals surface area contributed by atoms with Crippen LogP contribution in [0.3, 0.4) is 0 Å². The number of hydrogen-bond acceptors (Lipinski definition) is 8. The standard InChI is InChI=1S/C56H103NO8/c1-3-5-7-9-11-13-15-17-19-21-22-23-24-25-26-27-28-30-31-33-35-37-39-41-43-45-50(59)49(48-64-56-55(63)54(62)53(61)51(47-58)65-56)57-52(60)46-44-42-40-38-36-34-32-29-20-18-16-14-12-10-8-6-4-2/h12,14,18,20,35,37,43,45,49-51,53-56,58-59,61-63H,3-11,13,15-17,19,21-34,36,38-42,44,46-48H2,1-2H3,(H,57,60)/b14-12-,20-18-,37-35+,45-43+. The summed E-state index contributed by atoms with van der Waals surface area (Å²) in [4.78, 5) is 13.0. The van der Waals surface area contributed by atoms with Gasteiger partial charge in [-0.05, 0) is 64.2 Å². The van der Waals surface area contributed by atoms with Gasteiger partial charge in [-0.2, -0.15) is 0 Å². The number of aliphatic hydroxyl groups is 5. The van der Waals surface area contributed by atoms with Gasteiger partial charge in [-0.3, -0.25) is 4.79 Å². The summed E-state index contributed by atoms with van der Waals surface area (Å²) in [6.45, 7) is 3.75. The summed E-state index contributed by atoms with van der Waals surface area (Å²) in [5.41, 5.74) is 0. The Labute approximate surface area is 399 Å². The second kappa shape index (κ2) is 45.9. The third kappa shape index (κ3) is 35.9. The lowest BCUT2D eigenvalue weighted by atomic mass is 9.99. The molecule has 6 N–H and O–H groups in total. The molecule has 65 heavy (non-hydrogen) atoms. The molecule has 7 unspecified atom stereocenters. The van der Waals surface area contributed by atoms with Crippen LogP contribution in [0, 0.1) is 0 Å². The molecule has 0 spiro atoms. The quantitative estimate of drug-likeness (QED) is 0.0261. The molecule has 0 aliphatic carbocycles. The first kappa shape index (κ1) is 61.2. The monoisotopic (exact) mass is 918 g/mol. The second-order valence-corrected chi connectivity index (χ2v) is 19.0. The molecule has 1 amide bonds. The van der Waals surface area contributed by atoms with Crippen molar-refractivity contribution in [2.75, 3.05) is 13.2 Å². The van der Waals surface area contributed by atoms with Gasteiger partial charge in [0.1, 0.15) is 24.4 Å². The molecule has 9 heteroatoms. The molecule has 0 radical (unpaired) electrons. The highest BCUT2D eigenvalue weighted by molar-refractivity contribution is 5.76. The zero-order valence-electron chi connectivity index (χ0n) is 42.0. The molecule has 0 aromatic carbocycles. The van der Waals surface area contributed by atoms with Gasteiger partial charge in [0.2, 0.25) is 5.91 Å². The lowest BCUT2D eigenvalue weighted by Gasteiger charge is -2.40. The maximum atomic E-state index is 13.0. The zero-order chi connectivity index (χ0) is 47.3. The van der Waals surface area contributed by atoms with Gasteiger partial charge in [0.15, 0.2) is 6.29 Å². The number of aliphatic hydroxyl groups excluding tert-OH is 5. The van der Waals surface area contributed by atoms with Crippen LogP contribution in [0.2, 0.25) is 0 Å². The van der Waals surface area contributed by atoms with E-state index in [0.29, 0.717) is 6.42 Å². The van der Waals surface area contributed by atoms with E-state index in [4.69, 9.17) is 9.47 Å². The summed E-state index contributed by atoms with van der Waals surface area (Å²) in [6.07, 6.45) is 53.1. The van der Waals surface area contributed by atoms with Crippen molar-refractivity contribution in [1.82, 2.24) is 5.32 Å². The molecule has 1 aliphatic rings. The number of amides is 1. The number of carbonyl (C=O) groups excluding carboxylic acids is 1. The average molecular weight is 918 g/mol. The van der Waals surface area contributed by atoms with Crippen LogP contribution < -0.4 is 5.32 Å². The minimum absolute atomic E-state index is 0.194. The van der Waals surface area contributed by atoms with E-state index in [1.165, 1.54) is 167 Å². The van der Waals surface area contributed by atoms with Crippen molar-refractivity contribution in [2.24, 2.45) is 0 Å². The predicted octanol–water partition coefficient (Wildman–Crippen LogP) is 13.0. The fraction of sp³-hybridized carbons (Fsp3) is 0.839. The Bertz CT molecular complexity index is 1160. The molecule has 1 saturated heterocycles. The molecule has 1 aliphatic heterocycles. The third-order valence-electron chi connectivity index (χ3n) is 12.9. The molecule has 0 saturated carbocycles. The first-order valence-corrected chi connectivity index (χ1v) is 27.4. The van der Waals surface area contributed by atoms with Crippen molar-refractivity contribution in [2.45, 2.75) is 288 Å². The highest BCUT2D eigenvalue weighted by Gasteiger charge is 2.44. The fourth-order valence-corrected chi connectivity index (χ4v) is 8.50. The van der Waals surface area contributed by atoms with Gasteiger partial charge in [-0.15, -0.1) is 0 Å².